The van der Waals surface area contributed by atoms with Crippen molar-refractivity contribution in [2.24, 2.45) is 23.2 Å². The SMILES string of the molecule is COc1ccccc1CNC[C@@H]1C(=O)O[C@@H]2C[C@@]3(C)CCC[C@]4(CO4)[C@H]3C[C@H]12. The standard InChI is InChI=1S/C23H31NO4/c1-22-8-5-9-23(14-27-23)20(22)10-16-17(21(25)28-19(16)11-22)13-24-12-15-6-3-4-7-18(15)26-2/h3-4,6-7,16-17,19-20,24H,5,8-14H2,1-2H3/t16-,17+,19-,20+,22-,23+/m1/s1. The minimum Gasteiger partial charge on any atom is -0.496 e. The van der Waals surface area contributed by atoms with E-state index in [1.807, 2.05) is 18.2 Å². The van der Waals surface area contributed by atoms with Crippen molar-refractivity contribution in [3.63, 3.8) is 0 Å². The predicted molar refractivity (Wildman–Crippen MR) is 105 cm³/mol. The van der Waals surface area contributed by atoms with Crippen molar-refractivity contribution in [3.05, 3.63) is 29.8 Å². The molecule has 28 heavy (non-hydrogen) atoms. The molecule has 6 atom stereocenters. The smallest absolute Gasteiger partial charge is 0.310 e. The minimum absolute atomic E-state index is 0.0180. The van der Waals surface area contributed by atoms with Crippen molar-refractivity contribution >= 4 is 5.97 Å². The Bertz CT molecular complexity index is 761. The van der Waals surface area contributed by atoms with Gasteiger partial charge in [-0.3, -0.25) is 4.79 Å². The maximum atomic E-state index is 12.7. The quantitative estimate of drug-likeness (QED) is 0.622. The molecule has 1 N–H and O–H groups in total. The van der Waals surface area contributed by atoms with Crippen LogP contribution in [0.25, 0.3) is 0 Å². The van der Waals surface area contributed by atoms with Gasteiger partial charge in [-0.2, -0.15) is 0 Å². The van der Waals surface area contributed by atoms with E-state index in [1.165, 1.54) is 19.3 Å². The summed E-state index contributed by atoms with van der Waals surface area (Å²) in [6, 6.07) is 8.01. The number of ether oxygens (including phenoxy) is 3. The van der Waals surface area contributed by atoms with Crippen LogP contribution in [0.5, 0.6) is 5.75 Å². The minimum atomic E-state index is -0.0537. The molecule has 2 aliphatic carbocycles. The number of rotatable bonds is 5. The number of fused-ring (bicyclic) bond motifs is 3. The number of carbonyl (C=O) groups is 1. The molecular formula is C23H31NO4. The van der Waals surface area contributed by atoms with Crippen LogP contribution in [0.1, 0.15) is 44.6 Å². The lowest BCUT2D eigenvalue weighted by atomic mass is 9.53. The van der Waals surface area contributed by atoms with Gasteiger partial charge in [0.05, 0.1) is 25.2 Å². The maximum absolute atomic E-state index is 12.7. The van der Waals surface area contributed by atoms with Crippen LogP contribution in [0.3, 0.4) is 0 Å². The van der Waals surface area contributed by atoms with Crippen molar-refractivity contribution in [3.8, 4) is 5.75 Å². The van der Waals surface area contributed by atoms with Crippen molar-refractivity contribution < 1.29 is 19.0 Å². The highest BCUT2D eigenvalue weighted by Gasteiger charge is 2.64. The van der Waals surface area contributed by atoms with Crippen LogP contribution in [0.4, 0.5) is 0 Å². The average molecular weight is 386 g/mol. The molecule has 0 unspecified atom stereocenters. The van der Waals surface area contributed by atoms with E-state index in [1.54, 1.807) is 7.11 Å². The van der Waals surface area contributed by atoms with E-state index in [2.05, 4.69) is 18.3 Å². The van der Waals surface area contributed by atoms with Crippen molar-refractivity contribution in [1.29, 1.82) is 0 Å². The normalized spacial score (nSPS) is 41.3. The monoisotopic (exact) mass is 385 g/mol. The van der Waals surface area contributed by atoms with Crippen LogP contribution < -0.4 is 10.1 Å². The maximum Gasteiger partial charge on any atom is 0.310 e. The average Bonchev–Trinajstić information content (AvgIpc) is 3.38. The lowest BCUT2D eigenvalue weighted by molar-refractivity contribution is -0.147. The highest BCUT2D eigenvalue weighted by atomic mass is 16.6. The molecule has 0 aromatic heterocycles. The first-order valence-corrected chi connectivity index (χ1v) is 10.7. The molecule has 0 bridgehead atoms. The topological polar surface area (TPSA) is 60.1 Å². The van der Waals surface area contributed by atoms with Crippen LogP contribution in [0.15, 0.2) is 24.3 Å². The van der Waals surface area contributed by atoms with Gasteiger partial charge in [0.1, 0.15) is 11.9 Å². The molecule has 1 aromatic carbocycles. The van der Waals surface area contributed by atoms with Gasteiger partial charge >= 0.3 is 5.97 Å². The Morgan fingerprint density at radius 2 is 2.11 bits per heavy atom. The number of benzene rings is 1. The Morgan fingerprint density at radius 1 is 1.29 bits per heavy atom. The predicted octanol–water partition coefficient (Wildman–Crippen LogP) is 3.31. The number of carbonyl (C=O) groups excluding carboxylic acids is 1. The molecule has 2 saturated heterocycles. The van der Waals surface area contributed by atoms with Crippen LogP contribution in [-0.4, -0.2) is 37.9 Å². The fourth-order valence-corrected chi connectivity index (χ4v) is 6.40. The first-order chi connectivity index (χ1) is 13.5. The molecule has 0 radical (unpaired) electrons. The van der Waals surface area contributed by atoms with Crippen LogP contribution in [-0.2, 0) is 20.8 Å². The summed E-state index contributed by atoms with van der Waals surface area (Å²) >= 11 is 0. The van der Waals surface area contributed by atoms with Crippen LogP contribution in [0, 0.1) is 23.2 Å². The molecule has 1 spiro atoms. The summed E-state index contributed by atoms with van der Waals surface area (Å²) in [5.41, 5.74) is 1.48. The van der Waals surface area contributed by atoms with E-state index in [0.717, 1.165) is 30.8 Å². The van der Waals surface area contributed by atoms with E-state index in [4.69, 9.17) is 14.2 Å². The molecule has 4 aliphatic rings. The summed E-state index contributed by atoms with van der Waals surface area (Å²) < 4.78 is 17.3. The summed E-state index contributed by atoms with van der Waals surface area (Å²) in [6.07, 6.45) is 5.81. The van der Waals surface area contributed by atoms with Gasteiger partial charge in [0.25, 0.3) is 0 Å². The molecule has 1 aromatic rings. The third-order valence-electron chi connectivity index (χ3n) is 7.95. The zero-order valence-electron chi connectivity index (χ0n) is 16.9. The Hall–Kier alpha value is -1.59. The summed E-state index contributed by atoms with van der Waals surface area (Å²) in [7, 11) is 1.69. The second-order valence-electron chi connectivity index (χ2n) is 9.54. The first kappa shape index (κ1) is 18.4. The Balaban J connectivity index is 1.27. The van der Waals surface area contributed by atoms with Gasteiger partial charge in [-0.15, -0.1) is 0 Å². The fourth-order valence-electron chi connectivity index (χ4n) is 6.40. The number of para-hydroxylation sites is 1. The number of methoxy groups -OCH3 is 1. The zero-order valence-corrected chi connectivity index (χ0v) is 16.9. The number of hydrogen-bond acceptors (Lipinski definition) is 5. The van der Waals surface area contributed by atoms with Crippen LogP contribution in [0.2, 0.25) is 0 Å². The number of epoxide rings is 1. The van der Waals surface area contributed by atoms with E-state index in [-0.39, 0.29) is 29.0 Å². The second kappa shape index (κ2) is 6.74. The number of esters is 1. The van der Waals surface area contributed by atoms with Crippen molar-refractivity contribution in [2.45, 2.75) is 57.3 Å². The highest BCUT2D eigenvalue weighted by Crippen LogP contribution is 2.62. The van der Waals surface area contributed by atoms with E-state index < -0.39 is 0 Å². The Morgan fingerprint density at radius 3 is 2.89 bits per heavy atom. The van der Waals surface area contributed by atoms with Gasteiger partial charge in [-0.25, -0.2) is 0 Å². The molecule has 4 fully saturated rings. The van der Waals surface area contributed by atoms with Crippen molar-refractivity contribution in [1.82, 2.24) is 5.32 Å². The lowest BCUT2D eigenvalue weighted by Gasteiger charge is -2.51. The summed E-state index contributed by atoms with van der Waals surface area (Å²) in [5.74, 6) is 1.69. The van der Waals surface area contributed by atoms with Gasteiger partial charge in [-0.05, 0) is 49.5 Å². The van der Waals surface area contributed by atoms with Crippen LogP contribution >= 0.6 is 0 Å². The van der Waals surface area contributed by atoms with Gasteiger partial charge in [0.2, 0.25) is 0 Å². The second-order valence-corrected chi connectivity index (χ2v) is 9.54. The van der Waals surface area contributed by atoms with Gasteiger partial charge < -0.3 is 19.5 Å². The summed E-state index contributed by atoms with van der Waals surface area (Å²) in [4.78, 5) is 12.7. The zero-order chi connectivity index (χ0) is 19.4. The third kappa shape index (κ3) is 2.94. The summed E-state index contributed by atoms with van der Waals surface area (Å²) in [5, 5.41) is 3.49. The molecular weight excluding hydrogens is 354 g/mol. The molecule has 152 valence electrons. The number of nitrogens with one attached hydrogen (secondary N) is 1. The molecule has 2 heterocycles. The fraction of sp³-hybridized carbons (Fsp3) is 0.696. The third-order valence-corrected chi connectivity index (χ3v) is 7.95. The molecule has 5 nitrogen and oxygen atoms in total. The molecule has 0 amide bonds. The highest BCUT2D eigenvalue weighted by molar-refractivity contribution is 5.75. The molecule has 2 aliphatic heterocycles. The van der Waals surface area contributed by atoms with Gasteiger partial charge in [-0.1, -0.05) is 25.1 Å². The van der Waals surface area contributed by atoms with E-state index in [9.17, 15) is 4.79 Å². The summed E-state index contributed by atoms with van der Waals surface area (Å²) in [6.45, 7) is 4.67. The lowest BCUT2D eigenvalue weighted by Crippen LogP contribution is -2.51. The molecule has 2 saturated carbocycles. The van der Waals surface area contributed by atoms with Crippen molar-refractivity contribution in [2.75, 3.05) is 20.3 Å². The van der Waals surface area contributed by atoms with E-state index >= 15 is 0 Å². The van der Waals surface area contributed by atoms with E-state index in [0.29, 0.717) is 24.9 Å². The van der Waals surface area contributed by atoms with Gasteiger partial charge in [0, 0.05) is 24.6 Å². The Labute approximate surface area is 167 Å². The largest absolute Gasteiger partial charge is 0.496 e. The first-order valence-electron chi connectivity index (χ1n) is 10.7. The molecule has 5 heteroatoms. The van der Waals surface area contributed by atoms with Gasteiger partial charge in [0.15, 0.2) is 0 Å². The Kier molecular flexibility index (Phi) is 4.44. The molecule has 5 rings (SSSR count). The number of hydrogen-bond donors (Lipinski definition) is 1.